The van der Waals surface area contributed by atoms with Crippen molar-refractivity contribution in [1.82, 2.24) is 0 Å². The molecule has 0 unspecified atom stereocenters. The van der Waals surface area contributed by atoms with Crippen LogP contribution in [-0.4, -0.2) is 5.24 Å². The topological polar surface area (TPSA) is 17.1 Å². The molecule has 0 aromatic heterocycles. The van der Waals surface area contributed by atoms with Crippen LogP contribution in [0.3, 0.4) is 0 Å². The van der Waals surface area contributed by atoms with Crippen LogP contribution in [0.5, 0.6) is 0 Å². The first kappa shape index (κ1) is 8.57. The molecule has 0 fully saturated rings. The van der Waals surface area contributed by atoms with Crippen LogP contribution in [0.2, 0.25) is 0 Å². The van der Waals surface area contributed by atoms with Gasteiger partial charge in [0, 0.05) is 0 Å². The second kappa shape index (κ2) is 3.74. The van der Waals surface area contributed by atoms with Gasteiger partial charge in [-0.05, 0) is 17.2 Å². The van der Waals surface area contributed by atoms with Gasteiger partial charge in [0.1, 0.15) is 5.38 Å². The van der Waals surface area contributed by atoms with E-state index in [4.69, 9.17) is 23.2 Å². The minimum atomic E-state index is -0.724. The van der Waals surface area contributed by atoms with E-state index in [0.29, 0.717) is 0 Å². The third kappa shape index (κ3) is 2.21. The van der Waals surface area contributed by atoms with E-state index in [1.165, 1.54) is 0 Å². The summed E-state index contributed by atoms with van der Waals surface area (Å²) in [5.41, 5.74) is 0.731. The van der Waals surface area contributed by atoms with Gasteiger partial charge in [-0.2, -0.15) is 0 Å². The van der Waals surface area contributed by atoms with Crippen molar-refractivity contribution in [3.8, 4) is 0 Å². The third-order valence-corrected chi connectivity index (χ3v) is 2.07. The van der Waals surface area contributed by atoms with Gasteiger partial charge in [0.25, 0.3) is 0 Å². The highest BCUT2D eigenvalue weighted by Gasteiger charge is 2.13. The van der Waals surface area contributed by atoms with E-state index < -0.39 is 10.6 Å². The van der Waals surface area contributed by atoms with E-state index >= 15 is 0 Å². The lowest BCUT2D eigenvalue weighted by atomic mass is 10.2. The summed E-state index contributed by atoms with van der Waals surface area (Å²) in [7, 11) is 0. The fourth-order valence-corrected chi connectivity index (χ4v) is 1.02. The van der Waals surface area contributed by atoms with Crippen molar-refractivity contribution in [2.24, 2.45) is 0 Å². The standard InChI is InChI=1S/C8H6Cl2O/c9-7(8(10)11)6-4-2-1-3-5-6/h1-5,7H/t7-/m1/s1. The van der Waals surface area contributed by atoms with Crippen molar-refractivity contribution >= 4 is 28.4 Å². The van der Waals surface area contributed by atoms with Gasteiger partial charge < -0.3 is 0 Å². The van der Waals surface area contributed by atoms with Crippen LogP contribution in [-0.2, 0) is 4.79 Å². The minimum absolute atomic E-state index is 0.544. The molecule has 0 aliphatic carbocycles. The van der Waals surface area contributed by atoms with Crippen molar-refractivity contribution < 1.29 is 4.79 Å². The highest BCUT2D eigenvalue weighted by Crippen LogP contribution is 2.22. The summed E-state index contributed by atoms with van der Waals surface area (Å²) < 4.78 is 0. The molecule has 0 aliphatic heterocycles. The van der Waals surface area contributed by atoms with Gasteiger partial charge in [0.15, 0.2) is 0 Å². The van der Waals surface area contributed by atoms with Gasteiger partial charge >= 0.3 is 0 Å². The molecule has 0 saturated carbocycles. The van der Waals surface area contributed by atoms with Gasteiger partial charge in [0.05, 0.1) is 0 Å². The molecular formula is C8H6Cl2O. The molecule has 0 bridgehead atoms. The summed E-state index contributed by atoms with van der Waals surface area (Å²) in [4.78, 5) is 10.6. The lowest BCUT2D eigenvalue weighted by molar-refractivity contribution is -0.111. The van der Waals surface area contributed by atoms with Crippen LogP contribution in [0.25, 0.3) is 0 Å². The smallest absolute Gasteiger partial charge is 0.244 e. The van der Waals surface area contributed by atoms with Crippen molar-refractivity contribution in [2.75, 3.05) is 0 Å². The SMILES string of the molecule is O=C(Cl)[C@H](Cl)c1ccccc1. The van der Waals surface area contributed by atoms with Crippen molar-refractivity contribution in [2.45, 2.75) is 5.38 Å². The van der Waals surface area contributed by atoms with E-state index in [9.17, 15) is 4.79 Å². The lowest BCUT2D eigenvalue weighted by Crippen LogP contribution is -1.97. The van der Waals surface area contributed by atoms with Gasteiger partial charge in [-0.15, -0.1) is 11.6 Å². The van der Waals surface area contributed by atoms with Gasteiger partial charge in [-0.1, -0.05) is 30.3 Å². The molecule has 1 aromatic carbocycles. The monoisotopic (exact) mass is 188 g/mol. The van der Waals surface area contributed by atoms with Crippen molar-refractivity contribution in [1.29, 1.82) is 0 Å². The fourth-order valence-electron chi connectivity index (χ4n) is 0.753. The number of benzene rings is 1. The predicted octanol–water partition coefficient (Wildman–Crippen LogP) is 2.73. The first-order valence-corrected chi connectivity index (χ1v) is 3.91. The Morgan fingerprint density at radius 2 is 1.82 bits per heavy atom. The number of halogens is 2. The average Bonchev–Trinajstić information content (AvgIpc) is 2.05. The maximum atomic E-state index is 10.6. The summed E-state index contributed by atoms with van der Waals surface area (Å²) in [6, 6.07) is 9.00. The summed E-state index contributed by atoms with van der Waals surface area (Å²) in [6.45, 7) is 0. The number of hydrogen-bond donors (Lipinski definition) is 0. The molecule has 1 aromatic rings. The number of carbonyl (C=O) groups is 1. The lowest BCUT2D eigenvalue weighted by Gasteiger charge is -2.01. The first-order chi connectivity index (χ1) is 5.22. The zero-order valence-electron chi connectivity index (χ0n) is 5.63. The Morgan fingerprint density at radius 3 is 2.27 bits per heavy atom. The molecule has 58 valence electrons. The molecule has 0 spiro atoms. The molecule has 3 heteroatoms. The van der Waals surface area contributed by atoms with Crippen LogP contribution in [0.15, 0.2) is 30.3 Å². The number of hydrogen-bond acceptors (Lipinski definition) is 1. The van der Waals surface area contributed by atoms with E-state index in [0.717, 1.165) is 5.56 Å². The molecule has 1 atom stereocenters. The molecule has 0 heterocycles. The van der Waals surface area contributed by atoms with Crippen molar-refractivity contribution in [3.63, 3.8) is 0 Å². The molecule has 0 N–H and O–H groups in total. The zero-order valence-corrected chi connectivity index (χ0v) is 7.14. The number of carbonyl (C=O) groups excluding carboxylic acids is 1. The van der Waals surface area contributed by atoms with E-state index in [-0.39, 0.29) is 0 Å². The number of rotatable bonds is 2. The van der Waals surface area contributed by atoms with Gasteiger partial charge in [-0.3, -0.25) is 4.79 Å². The molecule has 0 amide bonds. The molecule has 1 rings (SSSR count). The molecular weight excluding hydrogens is 183 g/mol. The summed E-state index contributed by atoms with van der Waals surface area (Å²) >= 11 is 10.9. The summed E-state index contributed by atoms with van der Waals surface area (Å²) in [6.07, 6.45) is 0. The van der Waals surface area contributed by atoms with E-state index in [1.807, 2.05) is 18.2 Å². The second-order valence-corrected chi connectivity index (χ2v) is 2.89. The zero-order chi connectivity index (χ0) is 8.27. The van der Waals surface area contributed by atoms with Crippen LogP contribution in [0.4, 0.5) is 0 Å². The largest absolute Gasteiger partial charge is 0.279 e. The molecule has 0 radical (unpaired) electrons. The summed E-state index contributed by atoms with van der Waals surface area (Å²) in [5, 5.41) is -1.27. The Hall–Kier alpha value is -0.530. The Balaban J connectivity index is 2.85. The minimum Gasteiger partial charge on any atom is -0.279 e. The van der Waals surface area contributed by atoms with Crippen LogP contribution >= 0.6 is 23.2 Å². The highest BCUT2D eigenvalue weighted by molar-refractivity contribution is 6.68. The number of alkyl halides is 1. The van der Waals surface area contributed by atoms with E-state index in [1.54, 1.807) is 12.1 Å². The predicted molar refractivity (Wildman–Crippen MR) is 45.9 cm³/mol. The Kier molecular flexibility index (Phi) is 2.92. The maximum absolute atomic E-state index is 10.6. The molecule has 11 heavy (non-hydrogen) atoms. The Labute approximate surface area is 74.9 Å². The van der Waals surface area contributed by atoms with Crippen LogP contribution < -0.4 is 0 Å². The Bertz CT molecular complexity index is 246. The van der Waals surface area contributed by atoms with Crippen LogP contribution in [0.1, 0.15) is 10.9 Å². The molecule has 1 nitrogen and oxygen atoms in total. The van der Waals surface area contributed by atoms with Gasteiger partial charge in [-0.25, -0.2) is 0 Å². The Morgan fingerprint density at radius 1 is 1.27 bits per heavy atom. The van der Waals surface area contributed by atoms with Crippen molar-refractivity contribution in [3.05, 3.63) is 35.9 Å². The van der Waals surface area contributed by atoms with Gasteiger partial charge in [0.2, 0.25) is 5.24 Å². The van der Waals surface area contributed by atoms with Crippen LogP contribution in [0, 0.1) is 0 Å². The highest BCUT2D eigenvalue weighted by atomic mass is 35.5. The molecule has 0 aliphatic rings. The maximum Gasteiger partial charge on any atom is 0.244 e. The third-order valence-electron chi connectivity index (χ3n) is 1.29. The summed E-state index contributed by atoms with van der Waals surface area (Å²) in [5.74, 6) is 0. The molecule has 0 saturated heterocycles. The average molecular weight is 189 g/mol. The normalized spacial score (nSPS) is 12.5. The first-order valence-electron chi connectivity index (χ1n) is 3.10. The second-order valence-electron chi connectivity index (χ2n) is 2.08. The van der Waals surface area contributed by atoms with E-state index in [2.05, 4.69) is 0 Å². The quantitative estimate of drug-likeness (QED) is 0.516. The fraction of sp³-hybridized carbons (Fsp3) is 0.125.